The van der Waals surface area contributed by atoms with Crippen molar-refractivity contribution in [1.82, 2.24) is 29.9 Å². The van der Waals surface area contributed by atoms with Gasteiger partial charge in [-0.1, -0.05) is 176 Å². The first-order valence-electron chi connectivity index (χ1n) is 17.1. The Bertz CT molecular complexity index is 2530. The van der Waals surface area contributed by atoms with E-state index in [2.05, 4.69) is 60.7 Å². The Balaban J connectivity index is 1.13. The van der Waals surface area contributed by atoms with E-state index in [0.29, 0.717) is 34.9 Å². The zero-order valence-electron chi connectivity index (χ0n) is 28.0. The molecule has 0 atom stereocenters. The van der Waals surface area contributed by atoms with Crippen molar-refractivity contribution in [3.05, 3.63) is 182 Å². The molecule has 9 aromatic rings. The van der Waals surface area contributed by atoms with Crippen LogP contribution in [0.4, 0.5) is 0 Å². The van der Waals surface area contributed by atoms with E-state index in [1.165, 1.54) is 0 Å². The molecule has 2 heterocycles. The summed E-state index contributed by atoms with van der Waals surface area (Å²) in [7, 11) is 0. The van der Waals surface area contributed by atoms with Crippen LogP contribution in [0.1, 0.15) is 0 Å². The van der Waals surface area contributed by atoms with Crippen LogP contribution in [-0.4, -0.2) is 29.9 Å². The van der Waals surface area contributed by atoms with Crippen molar-refractivity contribution in [3.63, 3.8) is 0 Å². The molecular formula is C46H30N6. The summed E-state index contributed by atoms with van der Waals surface area (Å²) in [5.41, 5.74) is 7.81. The predicted octanol–water partition coefficient (Wildman–Crippen LogP) is 10.9. The summed E-state index contributed by atoms with van der Waals surface area (Å²) >= 11 is 0. The van der Waals surface area contributed by atoms with Crippen LogP contribution in [0.25, 0.3) is 90.2 Å². The van der Waals surface area contributed by atoms with Gasteiger partial charge in [0.1, 0.15) is 0 Å². The molecule has 0 spiro atoms. The number of fused-ring (bicyclic) bond motifs is 1. The van der Waals surface area contributed by atoms with Gasteiger partial charge in [-0.2, -0.15) is 0 Å². The van der Waals surface area contributed by atoms with Gasteiger partial charge in [-0.15, -0.1) is 0 Å². The molecule has 0 aliphatic carbocycles. The molecule has 0 saturated heterocycles. The smallest absolute Gasteiger partial charge is 0.164 e. The van der Waals surface area contributed by atoms with E-state index in [1.807, 2.05) is 121 Å². The molecule has 0 aliphatic rings. The van der Waals surface area contributed by atoms with E-state index in [1.54, 1.807) is 0 Å². The topological polar surface area (TPSA) is 77.3 Å². The fourth-order valence-electron chi connectivity index (χ4n) is 6.41. The number of hydrogen-bond acceptors (Lipinski definition) is 6. The summed E-state index contributed by atoms with van der Waals surface area (Å²) in [4.78, 5) is 29.6. The number of rotatable bonds is 7. The highest BCUT2D eigenvalue weighted by molar-refractivity contribution is 6.04. The second-order valence-electron chi connectivity index (χ2n) is 12.4. The summed E-state index contributed by atoms with van der Waals surface area (Å²) in [5, 5.41) is 2.17. The lowest BCUT2D eigenvalue weighted by Gasteiger charge is -2.13. The van der Waals surface area contributed by atoms with E-state index >= 15 is 0 Å². The third-order valence-electron chi connectivity index (χ3n) is 9.02. The second-order valence-corrected chi connectivity index (χ2v) is 12.4. The third-order valence-corrected chi connectivity index (χ3v) is 9.02. The lowest BCUT2D eigenvalue weighted by atomic mass is 9.94. The lowest BCUT2D eigenvalue weighted by Crippen LogP contribution is -2.00. The zero-order valence-corrected chi connectivity index (χ0v) is 28.0. The van der Waals surface area contributed by atoms with Crippen LogP contribution in [0, 0.1) is 0 Å². The molecule has 6 heteroatoms. The summed E-state index contributed by atoms with van der Waals surface area (Å²) < 4.78 is 0. The molecule has 0 amide bonds. The molecule has 0 aliphatic heterocycles. The first-order chi connectivity index (χ1) is 25.8. The van der Waals surface area contributed by atoms with Crippen LogP contribution in [0.5, 0.6) is 0 Å². The van der Waals surface area contributed by atoms with Crippen molar-refractivity contribution >= 4 is 10.8 Å². The Morgan fingerprint density at radius 2 is 0.462 bits per heavy atom. The number of hydrogen-bond donors (Lipinski definition) is 0. The van der Waals surface area contributed by atoms with Crippen molar-refractivity contribution in [1.29, 1.82) is 0 Å². The third kappa shape index (κ3) is 6.10. The molecule has 0 bridgehead atoms. The highest BCUT2D eigenvalue weighted by Crippen LogP contribution is 2.36. The van der Waals surface area contributed by atoms with Gasteiger partial charge in [0.25, 0.3) is 0 Å². The monoisotopic (exact) mass is 666 g/mol. The molecule has 2 aromatic heterocycles. The molecule has 0 N–H and O–H groups in total. The Hall–Kier alpha value is -7.18. The van der Waals surface area contributed by atoms with E-state index in [4.69, 9.17) is 29.9 Å². The minimum atomic E-state index is 0.623. The van der Waals surface area contributed by atoms with Gasteiger partial charge in [-0.3, -0.25) is 0 Å². The molecular weight excluding hydrogens is 637 g/mol. The molecule has 0 fully saturated rings. The molecule has 0 radical (unpaired) electrons. The molecule has 0 saturated carbocycles. The lowest BCUT2D eigenvalue weighted by molar-refractivity contribution is 1.07. The largest absolute Gasteiger partial charge is 0.208 e. The van der Waals surface area contributed by atoms with Crippen molar-refractivity contribution in [2.75, 3.05) is 0 Å². The molecule has 6 nitrogen and oxygen atoms in total. The van der Waals surface area contributed by atoms with Gasteiger partial charge in [0.2, 0.25) is 0 Å². The predicted molar refractivity (Wildman–Crippen MR) is 209 cm³/mol. The van der Waals surface area contributed by atoms with Gasteiger partial charge in [0.05, 0.1) is 0 Å². The Kier molecular flexibility index (Phi) is 8.08. The van der Waals surface area contributed by atoms with Crippen molar-refractivity contribution < 1.29 is 0 Å². The first kappa shape index (κ1) is 30.8. The molecule has 52 heavy (non-hydrogen) atoms. The van der Waals surface area contributed by atoms with Crippen LogP contribution in [0.15, 0.2) is 182 Å². The Morgan fingerprint density at radius 1 is 0.192 bits per heavy atom. The zero-order chi connectivity index (χ0) is 34.7. The van der Waals surface area contributed by atoms with Gasteiger partial charge in [0.15, 0.2) is 34.9 Å². The van der Waals surface area contributed by atoms with E-state index in [0.717, 1.165) is 55.3 Å². The Morgan fingerprint density at radius 3 is 0.846 bits per heavy atom. The highest BCUT2D eigenvalue weighted by Gasteiger charge is 2.17. The van der Waals surface area contributed by atoms with E-state index in [9.17, 15) is 0 Å². The Labute approximate surface area is 301 Å². The first-order valence-corrected chi connectivity index (χ1v) is 17.1. The minimum Gasteiger partial charge on any atom is -0.208 e. The van der Waals surface area contributed by atoms with Crippen LogP contribution in [0.2, 0.25) is 0 Å². The van der Waals surface area contributed by atoms with Gasteiger partial charge in [0, 0.05) is 33.4 Å². The summed E-state index contributed by atoms with van der Waals surface area (Å²) in [5.74, 6) is 3.80. The van der Waals surface area contributed by atoms with Gasteiger partial charge >= 0.3 is 0 Å². The fraction of sp³-hybridized carbons (Fsp3) is 0. The van der Waals surface area contributed by atoms with Gasteiger partial charge in [-0.25, -0.2) is 29.9 Å². The SMILES string of the molecule is c1ccc(-c2nc(-c3ccccc3)nc(-c3ccc(-c4ccc(-c5nc(-c6ccccc6)nc(-c6ccccc6)n5)c5ccccc45)cc3)n2)cc1. The second kappa shape index (κ2) is 13.6. The quantitative estimate of drug-likeness (QED) is 0.168. The average Bonchev–Trinajstić information content (AvgIpc) is 3.24. The number of aromatic nitrogens is 6. The highest BCUT2D eigenvalue weighted by atomic mass is 15.0. The van der Waals surface area contributed by atoms with Crippen LogP contribution < -0.4 is 0 Å². The normalized spacial score (nSPS) is 11.1. The maximum Gasteiger partial charge on any atom is 0.164 e. The molecule has 9 rings (SSSR count). The van der Waals surface area contributed by atoms with E-state index in [-0.39, 0.29) is 0 Å². The van der Waals surface area contributed by atoms with Crippen LogP contribution in [0.3, 0.4) is 0 Å². The minimum absolute atomic E-state index is 0.623. The van der Waals surface area contributed by atoms with E-state index < -0.39 is 0 Å². The summed E-state index contributed by atoms with van der Waals surface area (Å²) in [6.07, 6.45) is 0. The number of nitrogens with zero attached hydrogens (tertiary/aromatic N) is 6. The standard InChI is InChI=1S/C46H30N6/c1-5-15-32(16-6-1)41-47-42(33-17-7-2-8-18-33)49-45(48-41)36-27-25-31(26-28-36)37-29-30-40(39-24-14-13-23-38(37)39)46-51-43(34-19-9-3-10-20-34)50-44(52-46)35-21-11-4-12-22-35/h1-30H. The maximum absolute atomic E-state index is 5.01. The maximum atomic E-state index is 5.01. The molecule has 7 aromatic carbocycles. The van der Waals surface area contributed by atoms with Crippen LogP contribution >= 0.6 is 0 Å². The van der Waals surface area contributed by atoms with Crippen molar-refractivity contribution in [2.45, 2.75) is 0 Å². The van der Waals surface area contributed by atoms with Crippen LogP contribution in [-0.2, 0) is 0 Å². The summed E-state index contributed by atoms with van der Waals surface area (Å²) in [6, 6.07) is 61.3. The van der Waals surface area contributed by atoms with Crippen molar-refractivity contribution in [3.8, 4) is 79.5 Å². The average molecular weight is 667 g/mol. The number of benzene rings is 7. The summed E-state index contributed by atoms with van der Waals surface area (Å²) in [6.45, 7) is 0. The van der Waals surface area contributed by atoms with Gasteiger partial charge in [-0.05, 0) is 28.0 Å². The fourth-order valence-corrected chi connectivity index (χ4v) is 6.41. The van der Waals surface area contributed by atoms with Crippen molar-refractivity contribution in [2.24, 2.45) is 0 Å². The molecule has 0 unspecified atom stereocenters. The van der Waals surface area contributed by atoms with Gasteiger partial charge < -0.3 is 0 Å². The molecule has 244 valence electrons.